The van der Waals surface area contributed by atoms with Crippen molar-refractivity contribution >= 4 is 27.9 Å². The molecule has 5 heteroatoms. The second kappa shape index (κ2) is 3.73. The first-order valence-electron chi connectivity index (χ1n) is 5.24. The minimum Gasteiger partial charge on any atom is -0.463 e. The first kappa shape index (κ1) is 10.6. The SMILES string of the molecule is COC(=O)c1cc2ccc3oc(=O)ccc3c2o1. The van der Waals surface area contributed by atoms with Crippen LogP contribution in [0.2, 0.25) is 0 Å². The molecule has 0 atom stereocenters. The van der Waals surface area contributed by atoms with Crippen molar-refractivity contribution in [2.75, 3.05) is 7.11 Å². The van der Waals surface area contributed by atoms with E-state index in [0.29, 0.717) is 16.6 Å². The minimum atomic E-state index is -0.545. The molecule has 0 amide bonds. The number of esters is 1. The zero-order valence-corrected chi connectivity index (χ0v) is 9.43. The Morgan fingerprint density at radius 2 is 2.00 bits per heavy atom. The molecule has 2 aromatic heterocycles. The third-order valence-corrected chi connectivity index (χ3v) is 2.67. The van der Waals surface area contributed by atoms with Crippen molar-refractivity contribution in [2.45, 2.75) is 0 Å². The van der Waals surface area contributed by atoms with E-state index in [-0.39, 0.29) is 5.76 Å². The number of fused-ring (bicyclic) bond motifs is 3. The van der Waals surface area contributed by atoms with Crippen LogP contribution < -0.4 is 5.63 Å². The van der Waals surface area contributed by atoms with Crippen LogP contribution in [0.3, 0.4) is 0 Å². The zero-order chi connectivity index (χ0) is 12.7. The van der Waals surface area contributed by atoms with E-state index in [9.17, 15) is 9.59 Å². The molecule has 0 fully saturated rings. The third kappa shape index (κ3) is 1.48. The van der Waals surface area contributed by atoms with Crippen LogP contribution in [0.25, 0.3) is 21.9 Å². The molecule has 0 aliphatic heterocycles. The van der Waals surface area contributed by atoms with Gasteiger partial charge in [0.25, 0.3) is 0 Å². The van der Waals surface area contributed by atoms with Gasteiger partial charge in [-0.1, -0.05) is 0 Å². The highest BCUT2D eigenvalue weighted by atomic mass is 16.5. The number of methoxy groups -OCH3 is 1. The van der Waals surface area contributed by atoms with Gasteiger partial charge in [0, 0.05) is 11.5 Å². The van der Waals surface area contributed by atoms with Gasteiger partial charge in [-0.3, -0.25) is 0 Å². The molecule has 0 saturated heterocycles. The fourth-order valence-corrected chi connectivity index (χ4v) is 1.85. The van der Waals surface area contributed by atoms with Crippen molar-refractivity contribution in [3.63, 3.8) is 0 Å². The van der Waals surface area contributed by atoms with Gasteiger partial charge in [0.05, 0.1) is 12.5 Å². The van der Waals surface area contributed by atoms with Crippen LogP contribution in [0.1, 0.15) is 10.6 Å². The van der Waals surface area contributed by atoms with Gasteiger partial charge in [-0.2, -0.15) is 0 Å². The Bertz CT molecular complexity index is 809. The zero-order valence-electron chi connectivity index (χ0n) is 9.43. The molecule has 90 valence electrons. The fourth-order valence-electron chi connectivity index (χ4n) is 1.85. The van der Waals surface area contributed by atoms with Crippen LogP contribution >= 0.6 is 0 Å². The Morgan fingerprint density at radius 1 is 1.17 bits per heavy atom. The van der Waals surface area contributed by atoms with Gasteiger partial charge >= 0.3 is 11.6 Å². The Labute approximate surface area is 101 Å². The molecular formula is C13H8O5. The van der Waals surface area contributed by atoms with Crippen molar-refractivity contribution in [1.29, 1.82) is 0 Å². The molecule has 0 aliphatic rings. The molecule has 18 heavy (non-hydrogen) atoms. The monoisotopic (exact) mass is 244 g/mol. The predicted octanol–water partition coefficient (Wildman–Crippen LogP) is 2.33. The van der Waals surface area contributed by atoms with Gasteiger partial charge in [-0.15, -0.1) is 0 Å². The lowest BCUT2D eigenvalue weighted by molar-refractivity contribution is 0.0568. The molecule has 0 radical (unpaired) electrons. The van der Waals surface area contributed by atoms with E-state index < -0.39 is 11.6 Å². The summed E-state index contributed by atoms with van der Waals surface area (Å²) in [6, 6.07) is 7.88. The molecule has 3 aromatic rings. The van der Waals surface area contributed by atoms with Gasteiger partial charge < -0.3 is 13.6 Å². The highest BCUT2D eigenvalue weighted by molar-refractivity contribution is 6.04. The van der Waals surface area contributed by atoms with Gasteiger partial charge in [0.1, 0.15) is 11.2 Å². The second-order valence-electron chi connectivity index (χ2n) is 3.75. The van der Waals surface area contributed by atoms with Crippen LogP contribution in [0, 0.1) is 0 Å². The minimum absolute atomic E-state index is 0.117. The van der Waals surface area contributed by atoms with Crippen LogP contribution in [0.5, 0.6) is 0 Å². The quantitative estimate of drug-likeness (QED) is 0.485. The van der Waals surface area contributed by atoms with Crippen LogP contribution in [-0.2, 0) is 4.74 Å². The summed E-state index contributed by atoms with van der Waals surface area (Å²) in [5.74, 6) is -0.428. The second-order valence-corrected chi connectivity index (χ2v) is 3.75. The summed E-state index contributed by atoms with van der Waals surface area (Å²) in [5.41, 5.74) is 0.485. The molecule has 0 unspecified atom stereocenters. The maximum atomic E-state index is 11.4. The summed E-state index contributed by atoms with van der Waals surface area (Å²) >= 11 is 0. The molecule has 0 N–H and O–H groups in total. The van der Waals surface area contributed by atoms with E-state index in [1.54, 1.807) is 24.3 Å². The standard InChI is InChI=1S/C13H8O5/c1-16-13(15)10-6-7-2-4-9-8(12(7)18-10)3-5-11(14)17-9/h2-6H,1H3. The molecule has 0 saturated carbocycles. The Hall–Kier alpha value is -2.56. The molecule has 1 aromatic carbocycles. The van der Waals surface area contributed by atoms with Crippen LogP contribution in [-0.4, -0.2) is 13.1 Å². The van der Waals surface area contributed by atoms with E-state index in [4.69, 9.17) is 8.83 Å². The largest absolute Gasteiger partial charge is 0.463 e. The van der Waals surface area contributed by atoms with Crippen molar-refractivity contribution in [2.24, 2.45) is 0 Å². The Balaban J connectivity index is 2.36. The number of carbonyl (C=O) groups excluding carboxylic acids is 1. The molecule has 0 spiro atoms. The van der Waals surface area contributed by atoms with E-state index >= 15 is 0 Å². The summed E-state index contributed by atoms with van der Waals surface area (Å²) in [5, 5.41) is 1.39. The average molecular weight is 244 g/mol. The summed E-state index contributed by atoms with van der Waals surface area (Å²) in [7, 11) is 1.28. The van der Waals surface area contributed by atoms with Crippen LogP contribution in [0.15, 0.2) is 44.0 Å². The number of hydrogen-bond donors (Lipinski definition) is 0. The Kier molecular flexibility index (Phi) is 2.19. The lowest BCUT2D eigenvalue weighted by atomic mass is 10.2. The van der Waals surface area contributed by atoms with E-state index in [1.807, 2.05) is 0 Å². The maximum absolute atomic E-state index is 11.4. The molecule has 0 aliphatic carbocycles. The summed E-state index contributed by atoms with van der Waals surface area (Å²) in [6.45, 7) is 0. The maximum Gasteiger partial charge on any atom is 0.373 e. The van der Waals surface area contributed by atoms with E-state index in [2.05, 4.69) is 4.74 Å². The smallest absolute Gasteiger partial charge is 0.373 e. The molecule has 3 rings (SSSR count). The average Bonchev–Trinajstić information content (AvgIpc) is 2.81. The predicted molar refractivity (Wildman–Crippen MR) is 63.6 cm³/mol. The molecule has 2 heterocycles. The number of carbonyl (C=O) groups is 1. The summed E-state index contributed by atoms with van der Waals surface area (Å²) in [4.78, 5) is 22.5. The van der Waals surface area contributed by atoms with E-state index in [1.165, 1.54) is 13.2 Å². The number of rotatable bonds is 1. The number of ether oxygens (including phenoxy) is 1. The highest BCUT2D eigenvalue weighted by Gasteiger charge is 2.14. The van der Waals surface area contributed by atoms with Crippen molar-refractivity contribution in [3.8, 4) is 0 Å². The van der Waals surface area contributed by atoms with Crippen LogP contribution in [0.4, 0.5) is 0 Å². The molecule has 0 bridgehead atoms. The van der Waals surface area contributed by atoms with Gasteiger partial charge in [-0.25, -0.2) is 9.59 Å². The normalized spacial score (nSPS) is 10.9. The molecular weight excluding hydrogens is 236 g/mol. The van der Waals surface area contributed by atoms with Gasteiger partial charge in [-0.05, 0) is 24.3 Å². The number of furan rings is 1. The van der Waals surface area contributed by atoms with E-state index in [0.717, 1.165) is 5.39 Å². The van der Waals surface area contributed by atoms with Crippen molar-refractivity contribution in [1.82, 2.24) is 0 Å². The Morgan fingerprint density at radius 3 is 2.78 bits per heavy atom. The topological polar surface area (TPSA) is 69.7 Å². The summed E-state index contributed by atoms with van der Waals surface area (Å²) < 4.78 is 15.1. The lowest BCUT2D eigenvalue weighted by Gasteiger charge is -1.95. The first-order chi connectivity index (χ1) is 8.69. The van der Waals surface area contributed by atoms with Gasteiger partial charge in [0.15, 0.2) is 0 Å². The highest BCUT2D eigenvalue weighted by Crippen LogP contribution is 2.27. The lowest BCUT2D eigenvalue weighted by Crippen LogP contribution is -1.97. The molecule has 5 nitrogen and oxygen atoms in total. The summed E-state index contributed by atoms with van der Waals surface area (Å²) in [6.07, 6.45) is 0. The number of benzene rings is 1. The van der Waals surface area contributed by atoms with Gasteiger partial charge in [0.2, 0.25) is 5.76 Å². The fraction of sp³-hybridized carbons (Fsp3) is 0.0769. The first-order valence-corrected chi connectivity index (χ1v) is 5.24. The van der Waals surface area contributed by atoms with Crippen molar-refractivity contribution in [3.05, 3.63) is 46.5 Å². The third-order valence-electron chi connectivity index (χ3n) is 2.67. The number of hydrogen-bond acceptors (Lipinski definition) is 5. The van der Waals surface area contributed by atoms with Crippen molar-refractivity contribution < 1.29 is 18.4 Å².